The van der Waals surface area contributed by atoms with E-state index >= 15 is 0 Å². The van der Waals surface area contributed by atoms with Crippen LogP contribution in [0.25, 0.3) is 6.08 Å². The molecule has 30 heavy (non-hydrogen) atoms. The van der Waals surface area contributed by atoms with E-state index in [2.05, 4.69) is 4.99 Å². The average molecular weight is 425 g/mol. The highest BCUT2D eigenvalue weighted by Gasteiger charge is 2.36. The molecular formula is C21H19N3O5S. The van der Waals surface area contributed by atoms with E-state index in [0.717, 1.165) is 18.5 Å². The average Bonchev–Trinajstić information content (AvgIpc) is 3.34. The van der Waals surface area contributed by atoms with Gasteiger partial charge in [0.05, 0.1) is 28.2 Å². The molecule has 154 valence electrons. The lowest BCUT2D eigenvalue weighted by molar-refractivity contribution is -0.385. The number of benzene rings is 2. The van der Waals surface area contributed by atoms with Gasteiger partial charge >= 0.3 is 5.69 Å². The number of para-hydroxylation sites is 1. The number of ether oxygens (including phenoxy) is 1. The second-order valence-electron chi connectivity index (χ2n) is 6.90. The van der Waals surface area contributed by atoms with E-state index in [9.17, 15) is 20.0 Å². The Morgan fingerprint density at radius 1 is 1.30 bits per heavy atom. The summed E-state index contributed by atoms with van der Waals surface area (Å²) in [5.74, 6) is -0.639. The van der Waals surface area contributed by atoms with Gasteiger partial charge in [-0.05, 0) is 54.4 Å². The molecule has 0 bridgehead atoms. The fourth-order valence-electron chi connectivity index (χ4n) is 3.29. The Bertz CT molecular complexity index is 1030. The Labute approximate surface area is 177 Å². The lowest BCUT2D eigenvalue weighted by Gasteiger charge is -2.19. The zero-order valence-corrected chi connectivity index (χ0v) is 16.7. The summed E-state index contributed by atoms with van der Waals surface area (Å²) in [7, 11) is 0. The minimum atomic E-state index is -0.660. The number of phenols is 1. The van der Waals surface area contributed by atoms with Crippen molar-refractivity contribution in [1.82, 2.24) is 4.90 Å². The van der Waals surface area contributed by atoms with Crippen molar-refractivity contribution in [2.75, 3.05) is 13.2 Å². The molecule has 2 aliphatic heterocycles. The van der Waals surface area contributed by atoms with Gasteiger partial charge in [0, 0.05) is 12.7 Å². The molecule has 0 unspecified atom stereocenters. The van der Waals surface area contributed by atoms with Crippen LogP contribution in [-0.2, 0) is 9.53 Å². The monoisotopic (exact) mass is 425 g/mol. The molecular weight excluding hydrogens is 406 g/mol. The number of aromatic hydroxyl groups is 1. The number of amides is 1. The number of rotatable bonds is 5. The van der Waals surface area contributed by atoms with Crippen LogP contribution in [0.15, 0.2) is 58.4 Å². The number of aliphatic imine (C=N–C) groups is 1. The van der Waals surface area contributed by atoms with Crippen LogP contribution in [0.4, 0.5) is 11.4 Å². The summed E-state index contributed by atoms with van der Waals surface area (Å²) < 4.78 is 5.69. The van der Waals surface area contributed by atoms with Crippen LogP contribution in [0.5, 0.6) is 5.75 Å². The number of thioether (sulfide) groups is 1. The van der Waals surface area contributed by atoms with E-state index in [4.69, 9.17) is 4.74 Å². The molecule has 4 rings (SSSR count). The molecule has 2 aromatic carbocycles. The van der Waals surface area contributed by atoms with Gasteiger partial charge in [-0.25, -0.2) is 4.99 Å². The fraction of sp³-hybridized carbons (Fsp3) is 0.238. The molecule has 0 spiro atoms. The number of carbonyl (C=O) groups excluding carboxylic acids is 1. The third-order valence-electron chi connectivity index (χ3n) is 4.77. The van der Waals surface area contributed by atoms with Gasteiger partial charge in [0.2, 0.25) is 0 Å². The summed E-state index contributed by atoms with van der Waals surface area (Å²) in [5.41, 5.74) is 0.772. The van der Waals surface area contributed by atoms with E-state index in [-0.39, 0.29) is 12.0 Å². The van der Waals surface area contributed by atoms with Crippen molar-refractivity contribution in [3.8, 4) is 5.75 Å². The summed E-state index contributed by atoms with van der Waals surface area (Å²) in [6, 6.07) is 13.4. The van der Waals surface area contributed by atoms with Crippen LogP contribution in [0.2, 0.25) is 0 Å². The fourth-order valence-corrected chi connectivity index (χ4v) is 4.29. The van der Waals surface area contributed by atoms with Gasteiger partial charge in [-0.15, -0.1) is 0 Å². The number of nitro benzene ring substituents is 1. The summed E-state index contributed by atoms with van der Waals surface area (Å²) in [6.07, 6.45) is 3.39. The molecule has 1 N–H and O–H groups in total. The molecule has 8 nitrogen and oxygen atoms in total. The molecule has 1 atom stereocenters. The maximum Gasteiger partial charge on any atom is 0.311 e. The quantitative estimate of drug-likeness (QED) is 0.440. The smallest absolute Gasteiger partial charge is 0.311 e. The molecule has 0 saturated carbocycles. The first-order chi connectivity index (χ1) is 14.5. The number of phenolic OH excluding ortho intramolecular Hbond substituents is 1. The van der Waals surface area contributed by atoms with E-state index in [1.54, 1.807) is 11.0 Å². The summed E-state index contributed by atoms with van der Waals surface area (Å²) in [6.45, 7) is 1.09. The van der Waals surface area contributed by atoms with E-state index < -0.39 is 16.4 Å². The second-order valence-corrected chi connectivity index (χ2v) is 7.91. The molecule has 0 aromatic heterocycles. The van der Waals surface area contributed by atoms with Gasteiger partial charge in [0.1, 0.15) is 0 Å². The standard InChI is InChI=1S/C21H19N3O5S/c25-18-9-8-14(11-17(18)24(27)28)12-19-20(26)23(13-16-7-4-10-29-16)21(30-19)22-15-5-2-1-3-6-15/h1-3,5-6,8-9,11-12,16,25H,4,7,10,13H2/b19-12-,22-21?/t16-/m0/s1. The van der Waals surface area contributed by atoms with Crippen LogP contribution in [0, 0.1) is 10.1 Å². The number of hydrogen-bond donors (Lipinski definition) is 1. The summed E-state index contributed by atoms with van der Waals surface area (Å²) >= 11 is 1.22. The van der Waals surface area contributed by atoms with E-state index in [0.29, 0.717) is 28.8 Å². The van der Waals surface area contributed by atoms with Crippen molar-refractivity contribution < 1.29 is 19.6 Å². The van der Waals surface area contributed by atoms with Gasteiger partial charge < -0.3 is 9.84 Å². The highest BCUT2D eigenvalue weighted by molar-refractivity contribution is 8.18. The SMILES string of the molecule is O=C1/C(=C/c2ccc(O)c([N+](=O)[O-])c2)SC(=Nc2ccccc2)N1C[C@@H]1CCCO1. The van der Waals surface area contributed by atoms with E-state index in [1.807, 2.05) is 30.3 Å². The normalized spacial score (nSPS) is 21.7. The molecule has 0 aliphatic carbocycles. The second kappa shape index (κ2) is 8.68. The number of hydrogen-bond acceptors (Lipinski definition) is 7. The zero-order valence-electron chi connectivity index (χ0n) is 15.9. The molecule has 1 amide bonds. The Morgan fingerprint density at radius 2 is 2.10 bits per heavy atom. The van der Waals surface area contributed by atoms with E-state index in [1.165, 1.54) is 30.0 Å². The van der Waals surface area contributed by atoms with Crippen molar-refractivity contribution in [2.24, 2.45) is 4.99 Å². The van der Waals surface area contributed by atoms with Gasteiger partial charge in [-0.1, -0.05) is 24.3 Å². The molecule has 2 saturated heterocycles. The van der Waals surface area contributed by atoms with Crippen LogP contribution in [0.3, 0.4) is 0 Å². The topological polar surface area (TPSA) is 105 Å². The van der Waals surface area contributed by atoms with Gasteiger partial charge in [0.25, 0.3) is 5.91 Å². The zero-order chi connectivity index (χ0) is 21.1. The summed E-state index contributed by atoms with van der Waals surface area (Å²) in [4.78, 5) is 30.2. The predicted octanol–water partition coefficient (Wildman–Crippen LogP) is 4.08. The highest BCUT2D eigenvalue weighted by atomic mass is 32.2. The van der Waals surface area contributed by atoms with Crippen molar-refractivity contribution in [3.05, 3.63) is 69.1 Å². The first-order valence-electron chi connectivity index (χ1n) is 9.45. The van der Waals surface area contributed by atoms with Gasteiger partial charge in [-0.2, -0.15) is 0 Å². The minimum Gasteiger partial charge on any atom is -0.502 e. The first kappa shape index (κ1) is 20.1. The van der Waals surface area contributed by atoms with Crippen LogP contribution in [0.1, 0.15) is 18.4 Å². The molecule has 9 heteroatoms. The van der Waals surface area contributed by atoms with Crippen LogP contribution in [-0.4, -0.2) is 45.3 Å². The van der Waals surface area contributed by atoms with Crippen molar-refractivity contribution >= 4 is 40.3 Å². The molecule has 2 heterocycles. The minimum absolute atomic E-state index is 0.0374. The Morgan fingerprint density at radius 3 is 2.80 bits per heavy atom. The van der Waals surface area contributed by atoms with Gasteiger partial charge in [-0.3, -0.25) is 19.8 Å². The largest absolute Gasteiger partial charge is 0.502 e. The van der Waals surface area contributed by atoms with Crippen molar-refractivity contribution in [3.63, 3.8) is 0 Å². The maximum absolute atomic E-state index is 13.1. The van der Waals surface area contributed by atoms with Crippen molar-refractivity contribution in [2.45, 2.75) is 18.9 Å². The lowest BCUT2D eigenvalue weighted by Crippen LogP contribution is -2.36. The Balaban J connectivity index is 1.67. The Hall–Kier alpha value is -3.17. The van der Waals surface area contributed by atoms with Crippen molar-refractivity contribution in [1.29, 1.82) is 0 Å². The number of nitro groups is 1. The third kappa shape index (κ3) is 4.37. The molecule has 0 radical (unpaired) electrons. The first-order valence-corrected chi connectivity index (χ1v) is 10.3. The van der Waals surface area contributed by atoms with Gasteiger partial charge in [0.15, 0.2) is 10.9 Å². The number of carbonyl (C=O) groups is 1. The molecule has 2 aliphatic rings. The molecule has 2 fully saturated rings. The number of nitrogens with zero attached hydrogens (tertiary/aromatic N) is 3. The maximum atomic E-state index is 13.1. The number of amidine groups is 1. The predicted molar refractivity (Wildman–Crippen MR) is 115 cm³/mol. The lowest BCUT2D eigenvalue weighted by atomic mass is 10.1. The summed E-state index contributed by atoms with van der Waals surface area (Å²) in [5, 5.41) is 21.3. The van der Waals surface area contributed by atoms with Crippen LogP contribution >= 0.6 is 11.8 Å². The Kier molecular flexibility index (Phi) is 5.82. The van der Waals surface area contributed by atoms with Crippen LogP contribution < -0.4 is 0 Å². The molecule has 2 aromatic rings. The third-order valence-corrected chi connectivity index (χ3v) is 5.78. The highest BCUT2D eigenvalue weighted by Crippen LogP contribution is 2.36.